The molecule has 0 radical (unpaired) electrons. The third-order valence-corrected chi connectivity index (χ3v) is 6.39. The molecule has 13 heteroatoms. The van der Waals surface area contributed by atoms with Crippen LogP contribution < -0.4 is 15.5 Å². The maximum absolute atomic E-state index is 11.8. The average Bonchev–Trinajstić information content (AvgIpc) is 3.60. The number of imidazole rings is 1. The topological polar surface area (TPSA) is 148 Å². The van der Waals surface area contributed by atoms with Crippen molar-refractivity contribution >= 4 is 58.9 Å². The molecule has 1 amide bonds. The molecule has 3 heterocycles. The van der Waals surface area contributed by atoms with Crippen LogP contribution in [0.2, 0.25) is 5.02 Å². The van der Waals surface area contributed by atoms with Gasteiger partial charge in [-0.05, 0) is 30.5 Å². The van der Waals surface area contributed by atoms with Crippen molar-refractivity contribution in [2.45, 2.75) is 18.9 Å². The number of carbonyl (C=O) groups excluding carboxylic acids is 1. The Morgan fingerprint density at radius 1 is 1.20 bits per heavy atom. The predicted octanol–water partition coefficient (Wildman–Crippen LogP) is 2.98. The number of amides is 1. The SMILES string of the molecule is COC(=O)N1CCN(c2cc(C=N)cc(Nc3nc(NC4CC4)c4ncc(C=N)n4n3)c2Cl)CC1. The molecule has 2 aromatic heterocycles. The zero-order valence-corrected chi connectivity index (χ0v) is 19.8. The molecule has 1 aliphatic heterocycles. The Balaban J connectivity index is 1.47. The Morgan fingerprint density at radius 2 is 1.97 bits per heavy atom. The highest BCUT2D eigenvalue weighted by atomic mass is 35.5. The van der Waals surface area contributed by atoms with E-state index < -0.39 is 0 Å². The lowest BCUT2D eigenvalue weighted by atomic mass is 10.1. The van der Waals surface area contributed by atoms with Gasteiger partial charge in [0.15, 0.2) is 11.5 Å². The minimum absolute atomic E-state index is 0.284. The molecule has 1 aliphatic carbocycles. The number of hydrogen-bond acceptors (Lipinski definition) is 10. The minimum Gasteiger partial charge on any atom is -0.453 e. The minimum atomic E-state index is -0.349. The maximum Gasteiger partial charge on any atom is 0.409 e. The van der Waals surface area contributed by atoms with Crippen molar-refractivity contribution in [3.05, 3.63) is 34.6 Å². The van der Waals surface area contributed by atoms with E-state index in [1.807, 2.05) is 6.07 Å². The molecule has 4 N–H and O–H groups in total. The molecule has 2 aliphatic rings. The van der Waals surface area contributed by atoms with Crippen LogP contribution in [0.4, 0.5) is 27.9 Å². The van der Waals surface area contributed by atoms with E-state index in [1.54, 1.807) is 21.7 Å². The van der Waals surface area contributed by atoms with Crippen molar-refractivity contribution in [1.82, 2.24) is 24.5 Å². The summed E-state index contributed by atoms with van der Waals surface area (Å²) in [5.74, 6) is 0.865. The van der Waals surface area contributed by atoms with Gasteiger partial charge in [-0.25, -0.2) is 14.3 Å². The summed E-state index contributed by atoms with van der Waals surface area (Å²) in [6.07, 6.45) is 5.80. The van der Waals surface area contributed by atoms with E-state index in [4.69, 9.17) is 27.2 Å². The quantitative estimate of drug-likeness (QED) is 0.365. The highest BCUT2D eigenvalue weighted by molar-refractivity contribution is 6.36. The molecule has 5 rings (SSSR count). The lowest BCUT2D eigenvalue weighted by Crippen LogP contribution is -2.48. The Labute approximate surface area is 206 Å². The summed E-state index contributed by atoms with van der Waals surface area (Å²) < 4.78 is 6.38. The Kier molecular flexibility index (Phi) is 6.12. The Hall–Kier alpha value is -3.93. The molecule has 0 spiro atoms. The van der Waals surface area contributed by atoms with Crippen molar-refractivity contribution < 1.29 is 9.53 Å². The van der Waals surface area contributed by atoms with Gasteiger partial charge in [-0.2, -0.15) is 4.98 Å². The van der Waals surface area contributed by atoms with E-state index in [9.17, 15) is 4.79 Å². The van der Waals surface area contributed by atoms with Crippen LogP contribution in [-0.2, 0) is 4.74 Å². The fraction of sp³-hybridized carbons (Fsp3) is 0.364. The fourth-order valence-corrected chi connectivity index (χ4v) is 4.26. The summed E-state index contributed by atoms with van der Waals surface area (Å²) in [4.78, 5) is 24.5. The van der Waals surface area contributed by atoms with Crippen LogP contribution in [0.3, 0.4) is 0 Å². The number of benzene rings is 1. The van der Waals surface area contributed by atoms with Crippen LogP contribution in [0, 0.1) is 10.8 Å². The summed E-state index contributed by atoms with van der Waals surface area (Å²) in [5, 5.41) is 27.0. The second kappa shape index (κ2) is 9.37. The standard InChI is InChI=1S/C22H25ClN10O2/c1-35-22(34)32-6-4-31(5-7-32)17-9-13(10-24)8-16(18(17)23)28-21-29-19(27-14-2-3-14)20-26-12-15(11-25)33(20)30-21/h8-12,14,24-25H,2-7H2,1H3,(H2,27,28,29,30). The third-order valence-electron chi connectivity index (χ3n) is 6.00. The number of aromatic nitrogens is 4. The number of anilines is 4. The first kappa shape index (κ1) is 22.8. The summed E-state index contributed by atoms with van der Waals surface area (Å²) in [5.41, 5.74) is 3.02. The summed E-state index contributed by atoms with van der Waals surface area (Å²) in [6, 6.07) is 3.96. The molecular weight excluding hydrogens is 472 g/mol. The van der Waals surface area contributed by atoms with Gasteiger partial charge in [0, 0.05) is 44.7 Å². The number of nitrogens with one attached hydrogen (secondary N) is 4. The largest absolute Gasteiger partial charge is 0.453 e. The number of rotatable bonds is 7. The number of fused-ring (bicyclic) bond motifs is 1. The van der Waals surface area contributed by atoms with Gasteiger partial charge in [0.2, 0.25) is 5.95 Å². The predicted molar refractivity (Wildman–Crippen MR) is 134 cm³/mol. The monoisotopic (exact) mass is 496 g/mol. The molecule has 12 nitrogen and oxygen atoms in total. The zero-order chi connectivity index (χ0) is 24.5. The molecular formula is C22H25ClN10O2. The first-order chi connectivity index (χ1) is 17.0. The van der Waals surface area contributed by atoms with E-state index in [1.165, 1.54) is 19.5 Å². The number of methoxy groups -OCH3 is 1. The highest BCUT2D eigenvalue weighted by Gasteiger charge is 2.26. The second-order valence-electron chi connectivity index (χ2n) is 8.38. The van der Waals surface area contributed by atoms with E-state index in [0.717, 1.165) is 18.5 Å². The number of carbonyl (C=O) groups is 1. The van der Waals surface area contributed by atoms with Crippen LogP contribution in [0.5, 0.6) is 0 Å². The van der Waals surface area contributed by atoms with Crippen molar-refractivity contribution in [3.63, 3.8) is 0 Å². The average molecular weight is 497 g/mol. The fourth-order valence-electron chi connectivity index (χ4n) is 3.98. The van der Waals surface area contributed by atoms with Crippen molar-refractivity contribution in [3.8, 4) is 0 Å². The molecule has 2 fully saturated rings. The number of piperazine rings is 1. The highest BCUT2D eigenvalue weighted by Crippen LogP contribution is 2.36. The zero-order valence-electron chi connectivity index (χ0n) is 19.1. The van der Waals surface area contributed by atoms with Crippen molar-refractivity contribution in [1.29, 1.82) is 10.8 Å². The number of ether oxygens (including phenoxy) is 1. The smallest absolute Gasteiger partial charge is 0.409 e. The molecule has 35 heavy (non-hydrogen) atoms. The van der Waals surface area contributed by atoms with E-state index in [-0.39, 0.29) is 12.0 Å². The van der Waals surface area contributed by atoms with Crippen LogP contribution >= 0.6 is 11.6 Å². The molecule has 0 bridgehead atoms. The van der Waals surface area contributed by atoms with E-state index >= 15 is 0 Å². The molecule has 182 valence electrons. The lowest BCUT2D eigenvalue weighted by molar-refractivity contribution is 0.121. The first-order valence-corrected chi connectivity index (χ1v) is 11.6. The van der Waals surface area contributed by atoms with Gasteiger partial charge in [0.25, 0.3) is 0 Å². The van der Waals surface area contributed by atoms with Crippen molar-refractivity contribution in [2.75, 3.05) is 48.8 Å². The molecule has 1 saturated carbocycles. The molecule has 1 saturated heterocycles. The van der Waals surface area contributed by atoms with Gasteiger partial charge in [-0.3, -0.25) is 0 Å². The van der Waals surface area contributed by atoms with Gasteiger partial charge >= 0.3 is 6.09 Å². The van der Waals surface area contributed by atoms with Gasteiger partial charge < -0.3 is 36.0 Å². The van der Waals surface area contributed by atoms with E-state index in [2.05, 4.69) is 30.6 Å². The molecule has 0 atom stereocenters. The summed E-state index contributed by atoms with van der Waals surface area (Å²) >= 11 is 6.83. The van der Waals surface area contributed by atoms with E-state index in [0.29, 0.717) is 65.7 Å². The Bertz CT molecular complexity index is 1300. The Morgan fingerprint density at radius 3 is 2.63 bits per heavy atom. The summed E-state index contributed by atoms with van der Waals surface area (Å²) in [6.45, 7) is 2.16. The van der Waals surface area contributed by atoms with Crippen LogP contribution in [0.25, 0.3) is 5.65 Å². The maximum atomic E-state index is 11.8. The second-order valence-corrected chi connectivity index (χ2v) is 8.76. The number of halogens is 1. The molecule has 0 unspecified atom stereocenters. The molecule has 1 aromatic carbocycles. The molecule has 3 aromatic rings. The van der Waals surface area contributed by atoms with Gasteiger partial charge in [0.05, 0.1) is 29.7 Å². The van der Waals surface area contributed by atoms with Crippen LogP contribution in [0.1, 0.15) is 24.1 Å². The van der Waals surface area contributed by atoms with Gasteiger partial charge in [-0.1, -0.05) is 11.6 Å². The van der Waals surface area contributed by atoms with Crippen LogP contribution in [-0.4, -0.2) is 82.3 Å². The summed E-state index contributed by atoms with van der Waals surface area (Å²) in [7, 11) is 1.37. The van der Waals surface area contributed by atoms with Crippen molar-refractivity contribution in [2.24, 2.45) is 0 Å². The number of nitrogens with zero attached hydrogens (tertiary/aromatic N) is 6. The van der Waals surface area contributed by atoms with Crippen LogP contribution in [0.15, 0.2) is 18.3 Å². The normalized spacial score (nSPS) is 15.7. The number of hydrogen-bond donors (Lipinski definition) is 4. The third kappa shape index (κ3) is 4.56. The first-order valence-electron chi connectivity index (χ1n) is 11.2. The van der Waals surface area contributed by atoms with Gasteiger partial charge in [0.1, 0.15) is 5.69 Å². The van der Waals surface area contributed by atoms with Gasteiger partial charge in [-0.15, -0.1) is 5.10 Å². The lowest BCUT2D eigenvalue weighted by Gasteiger charge is -2.36.